The van der Waals surface area contributed by atoms with Crippen molar-refractivity contribution in [3.63, 3.8) is 0 Å². The van der Waals surface area contributed by atoms with Gasteiger partial charge in [-0.2, -0.15) is 0 Å². The summed E-state index contributed by atoms with van der Waals surface area (Å²) in [6.07, 6.45) is 3.67. The molecule has 1 aromatic rings. The highest BCUT2D eigenvalue weighted by Gasteiger charge is 2.04. The Kier molecular flexibility index (Phi) is 4.09. The Morgan fingerprint density at radius 3 is 2.93 bits per heavy atom. The fraction of sp³-hybridized carbons (Fsp3) is 0.455. The molecule has 4 nitrogen and oxygen atoms in total. The lowest BCUT2D eigenvalue weighted by Crippen LogP contribution is -2.13. The largest absolute Gasteiger partial charge is 0.480 e. The lowest BCUT2D eigenvalue weighted by molar-refractivity contribution is -0.134. The Morgan fingerprint density at radius 2 is 2.33 bits per heavy atom. The lowest BCUT2D eigenvalue weighted by atomic mass is 10.1. The van der Waals surface area contributed by atoms with Gasteiger partial charge >= 0.3 is 5.97 Å². The van der Waals surface area contributed by atoms with Crippen LogP contribution in [0.25, 0.3) is 0 Å². The van der Waals surface area contributed by atoms with E-state index in [0.29, 0.717) is 0 Å². The summed E-state index contributed by atoms with van der Waals surface area (Å²) in [5.74, 6) is -0.863. The summed E-state index contributed by atoms with van der Waals surface area (Å²) >= 11 is 0. The zero-order chi connectivity index (χ0) is 11.3. The van der Waals surface area contributed by atoms with Crippen molar-refractivity contribution in [1.82, 2.24) is 4.98 Å². The maximum absolute atomic E-state index is 10.4. The molecule has 0 atom stereocenters. The number of rotatable bonds is 5. The number of carbonyl (C=O) groups is 1. The minimum Gasteiger partial charge on any atom is -0.480 e. The van der Waals surface area contributed by atoms with Crippen LogP contribution in [0.15, 0.2) is 12.3 Å². The third-order valence-electron chi connectivity index (χ3n) is 2.08. The van der Waals surface area contributed by atoms with E-state index in [1.807, 2.05) is 13.0 Å². The second kappa shape index (κ2) is 5.34. The van der Waals surface area contributed by atoms with Gasteiger partial charge in [0.2, 0.25) is 0 Å². The molecule has 0 spiro atoms. The van der Waals surface area contributed by atoms with E-state index in [-0.39, 0.29) is 6.54 Å². The van der Waals surface area contributed by atoms with Gasteiger partial charge in [0.15, 0.2) is 0 Å². The molecule has 0 amide bonds. The van der Waals surface area contributed by atoms with Crippen LogP contribution in [0.4, 0.5) is 5.69 Å². The first-order chi connectivity index (χ1) is 7.13. The van der Waals surface area contributed by atoms with Crippen molar-refractivity contribution in [2.45, 2.75) is 26.7 Å². The van der Waals surface area contributed by atoms with E-state index < -0.39 is 5.97 Å². The molecule has 1 aromatic heterocycles. The zero-order valence-electron chi connectivity index (χ0n) is 9.08. The Morgan fingerprint density at radius 1 is 1.60 bits per heavy atom. The predicted molar refractivity (Wildman–Crippen MR) is 59.1 cm³/mol. The number of aliphatic carboxylic acids is 1. The fourth-order valence-corrected chi connectivity index (χ4v) is 1.42. The normalized spacial score (nSPS) is 10.0. The Labute approximate surface area is 89.3 Å². The van der Waals surface area contributed by atoms with Crippen molar-refractivity contribution >= 4 is 11.7 Å². The van der Waals surface area contributed by atoms with Gasteiger partial charge in [-0.25, -0.2) is 0 Å². The molecule has 2 N–H and O–H groups in total. The molecule has 0 unspecified atom stereocenters. The van der Waals surface area contributed by atoms with E-state index in [1.165, 1.54) is 0 Å². The van der Waals surface area contributed by atoms with Crippen LogP contribution in [0, 0.1) is 6.92 Å². The van der Waals surface area contributed by atoms with Crippen molar-refractivity contribution in [3.05, 3.63) is 23.5 Å². The third kappa shape index (κ3) is 3.58. The van der Waals surface area contributed by atoms with Crippen LogP contribution < -0.4 is 5.32 Å². The average molecular weight is 208 g/mol. The number of hydrogen-bond donors (Lipinski definition) is 2. The van der Waals surface area contributed by atoms with Gasteiger partial charge in [-0.1, -0.05) is 13.3 Å². The number of hydrogen-bond acceptors (Lipinski definition) is 3. The van der Waals surface area contributed by atoms with Gasteiger partial charge in [0.05, 0.1) is 11.9 Å². The van der Waals surface area contributed by atoms with E-state index in [1.54, 1.807) is 6.20 Å². The highest BCUT2D eigenvalue weighted by molar-refractivity contribution is 5.73. The molecule has 15 heavy (non-hydrogen) atoms. The van der Waals surface area contributed by atoms with Crippen LogP contribution in [-0.2, 0) is 11.2 Å². The number of nitrogens with zero attached hydrogens (tertiary/aromatic N) is 1. The molecular formula is C11H16N2O2. The summed E-state index contributed by atoms with van der Waals surface area (Å²) in [5, 5.41) is 11.4. The first kappa shape index (κ1) is 11.5. The molecule has 0 bridgehead atoms. The van der Waals surface area contributed by atoms with E-state index in [0.717, 1.165) is 29.8 Å². The van der Waals surface area contributed by atoms with Gasteiger partial charge in [0.1, 0.15) is 6.54 Å². The highest BCUT2D eigenvalue weighted by Crippen LogP contribution is 2.16. The number of nitrogens with one attached hydrogen (secondary N) is 1. The molecule has 0 aliphatic carbocycles. The van der Waals surface area contributed by atoms with Crippen LogP contribution >= 0.6 is 0 Å². The summed E-state index contributed by atoms with van der Waals surface area (Å²) < 4.78 is 0. The number of aryl methyl sites for hydroxylation is 2. The first-order valence-corrected chi connectivity index (χ1v) is 5.04. The van der Waals surface area contributed by atoms with E-state index in [4.69, 9.17) is 5.11 Å². The monoisotopic (exact) mass is 208 g/mol. The summed E-state index contributed by atoms with van der Waals surface area (Å²) in [6, 6.07) is 1.99. The molecule has 0 saturated carbocycles. The number of carboxylic acids is 1. The van der Waals surface area contributed by atoms with Crippen molar-refractivity contribution in [2.24, 2.45) is 0 Å². The maximum atomic E-state index is 10.4. The number of anilines is 1. The second-order valence-corrected chi connectivity index (χ2v) is 3.48. The summed E-state index contributed by atoms with van der Waals surface area (Å²) in [6.45, 7) is 3.96. The van der Waals surface area contributed by atoms with Gasteiger partial charge < -0.3 is 10.4 Å². The molecule has 0 fully saturated rings. The molecular weight excluding hydrogens is 192 g/mol. The Balaban J connectivity index is 2.80. The van der Waals surface area contributed by atoms with E-state index in [9.17, 15) is 4.79 Å². The van der Waals surface area contributed by atoms with Gasteiger partial charge in [-0.05, 0) is 25.0 Å². The molecule has 1 heterocycles. The van der Waals surface area contributed by atoms with Gasteiger partial charge in [0.25, 0.3) is 0 Å². The highest BCUT2D eigenvalue weighted by atomic mass is 16.4. The fourth-order valence-electron chi connectivity index (χ4n) is 1.42. The molecule has 0 radical (unpaired) electrons. The van der Waals surface area contributed by atoms with Gasteiger partial charge in [-0.3, -0.25) is 9.78 Å². The quantitative estimate of drug-likeness (QED) is 0.775. The van der Waals surface area contributed by atoms with Crippen LogP contribution in [0.2, 0.25) is 0 Å². The minimum atomic E-state index is -0.863. The van der Waals surface area contributed by atoms with Crippen molar-refractivity contribution < 1.29 is 9.90 Å². The van der Waals surface area contributed by atoms with Crippen molar-refractivity contribution in [1.29, 1.82) is 0 Å². The molecule has 0 saturated heterocycles. The summed E-state index contributed by atoms with van der Waals surface area (Å²) in [5.41, 5.74) is 2.91. The van der Waals surface area contributed by atoms with Crippen LogP contribution in [-0.4, -0.2) is 22.6 Å². The molecule has 4 heteroatoms. The van der Waals surface area contributed by atoms with Crippen molar-refractivity contribution in [2.75, 3.05) is 11.9 Å². The maximum Gasteiger partial charge on any atom is 0.322 e. The molecule has 0 aliphatic heterocycles. The van der Waals surface area contributed by atoms with Crippen LogP contribution in [0.3, 0.4) is 0 Å². The smallest absolute Gasteiger partial charge is 0.322 e. The zero-order valence-corrected chi connectivity index (χ0v) is 9.08. The number of pyridine rings is 1. The van der Waals surface area contributed by atoms with Crippen LogP contribution in [0.1, 0.15) is 24.6 Å². The first-order valence-electron chi connectivity index (χ1n) is 5.04. The standard InChI is InChI=1S/C11H16N2O2/c1-3-4-9-5-8(2)12-6-10(9)13-7-11(14)15/h5-6,13H,3-4,7H2,1-2H3,(H,14,15). The number of carboxylic acid groups (broad SMARTS) is 1. The number of aromatic nitrogens is 1. The summed E-state index contributed by atoms with van der Waals surface area (Å²) in [4.78, 5) is 14.6. The molecule has 1 rings (SSSR count). The topological polar surface area (TPSA) is 62.2 Å². The van der Waals surface area contributed by atoms with E-state index >= 15 is 0 Å². The SMILES string of the molecule is CCCc1cc(C)ncc1NCC(=O)O. The second-order valence-electron chi connectivity index (χ2n) is 3.48. The van der Waals surface area contributed by atoms with Crippen LogP contribution in [0.5, 0.6) is 0 Å². The average Bonchev–Trinajstić information content (AvgIpc) is 2.17. The molecule has 82 valence electrons. The van der Waals surface area contributed by atoms with Gasteiger partial charge in [-0.15, -0.1) is 0 Å². The predicted octanol–water partition coefficient (Wildman–Crippen LogP) is 1.84. The van der Waals surface area contributed by atoms with E-state index in [2.05, 4.69) is 17.2 Å². The Hall–Kier alpha value is -1.58. The molecule has 0 aromatic carbocycles. The Bertz CT molecular complexity index is 350. The minimum absolute atomic E-state index is 0.0680. The molecule has 0 aliphatic rings. The van der Waals surface area contributed by atoms with Crippen molar-refractivity contribution in [3.8, 4) is 0 Å². The van der Waals surface area contributed by atoms with Gasteiger partial charge in [0, 0.05) is 5.69 Å². The lowest BCUT2D eigenvalue weighted by Gasteiger charge is -2.10. The summed E-state index contributed by atoms with van der Waals surface area (Å²) in [7, 11) is 0. The third-order valence-corrected chi connectivity index (χ3v) is 2.08.